The summed E-state index contributed by atoms with van der Waals surface area (Å²) in [5.41, 5.74) is 0. The molecular formula is C22H45NO3. The lowest BCUT2D eigenvalue weighted by molar-refractivity contribution is 0.136. The zero-order valence-electron chi connectivity index (χ0n) is 17.7. The fraction of sp³-hybridized carbons (Fsp3) is 0.955. The highest BCUT2D eigenvalue weighted by Gasteiger charge is 2.06. The van der Waals surface area contributed by atoms with Crippen molar-refractivity contribution in [1.29, 1.82) is 0 Å². The molecule has 0 aromatic rings. The Kier molecular flexibility index (Phi) is 18.4. The summed E-state index contributed by atoms with van der Waals surface area (Å²) < 4.78 is 5.20. The van der Waals surface area contributed by atoms with E-state index in [2.05, 4.69) is 26.1 Å². The van der Waals surface area contributed by atoms with Crippen LogP contribution in [-0.4, -0.2) is 30.5 Å². The van der Waals surface area contributed by atoms with E-state index in [1.165, 1.54) is 51.4 Å². The SMILES string of the molecule is CCCCCCCCNC(=O)OCCCCCCCCC(O)CC(C)C. The van der Waals surface area contributed by atoms with E-state index in [1.807, 2.05) is 0 Å². The number of unbranched alkanes of at least 4 members (excludes halogenated alkanes) is 10. The van der Waals surface area contributed by atoms with E-state index in [0.29, 0.717) is 12.5 Å². The number of aliphatic hydroxyl groups is 1. The summed E-state index contributed by atoms with van der Waals surface area (Å²) in [4.78, 5) is 11.5. The van der Waals surface area contributed by atoms with E-state index in [4.69, 9.17) is 4.74 Å². The molecule has 0 aromatic heterocycles. The van der Waals surface area contributed by atoms with E-state index in [1.54, 1.807) is 0 Å². The van der Waals surface area contributed by atoms with Crippen LogP contribution in [0.25, 0.3) is 0 Å². The molecule has 0 aliphatic carbocycles. The maximum absolute atomic E-state index is 11.5. The Balaban J connectivity index is 3.23. The first-order valence-corrected chi connectivity index (χ1v) is 11.1. The Hall–Kier alpha value is -0.770. The van der Waals surface area contributed by atoms with Crippen molar-refractivity contribution >= 4 is 6.09 Å². The van der Waals surface area contributed by atoms with E-state index in [-0.39, 0.29) is 12.2 Å². The fourth-order valence-corrected chi connectivity index (χ4v) is 3.16. The topological polar surface area (TPSA) is 58.6 Å². The number of ether oxygens (including phenoxy) is 1. The molecular weight excluding hydrogens is 326 g/mol. The first-order chi connectivity index (χ1) is 12.6. The highest BCUT2D eigenvalue weighted by molar-refractivity contribution is 5.66. The number of amides is 1. The number of alkyl carbamates (subject to hydrolysis) is 1. The number of aliphatic hydroxyl groups excluding tert-OH is 1. The second-order valence-corrected chi connectivity index (χ2v) is 8.02. The van der Waals surface area contributed by atoms with Crippen LogP contribution >= 0.6 is 0 Å². The third-order valence-corrected chi connectivity index (χ3v) is 4.71. The molecule has 26 heavy (non-hydrogen) atoms. The predicted molar refractivity (Wildman–Crippen MR) is 111 cm³/mol. The van der Waals surface area contributed by atoms with Crippen molar-refractivity contribution in [2.45, 2.75) is 117 Å². The van der Waals surface area contributed by atoms with Crippen LogP contribution in [0.2, 0.25) is 0 Å². The lowest BCUT2D eigenvalue weighted by atomic mass is 10.0. The molecule has 0 rings (SSSR count). The smallest absolute Gasteiger partial charge is 0.407 e. The maximum Gasteiger partial charge on any atom is 0.407 e. The van der Waals surface area contributed by atoms with Gasteiger partial charge in [0.15, 0.2) is 0 Å². The van der Waals surface area contributed by atoms with Gasteiger partial charge in [0.1, 0.15) is 0 Å². The summed E-state index contributed by atoms with van der Waals surface area (Å²) >= 11 is 0. The molecule has 1 unspecified atom stereocenters. The molecule has 0 saturated carbocycles. The van der Waals surface area contributed by atoms with Crippen molar-refractivity contribution in [2.75, 3.05) is 13.2 Å². The van der Waals surface area contributed by atoms with Crippen molar-refractivity contribution < 1.29 is 14.6 Å². The van der Waals surface area contributed by atoms with Gasteiger partial charge in [-0.25, -0.2) is 4.79 Å². The third kappa shape index (κ3) is 19.6. The third-order valence-electron chi connectivity index (χ3n) is 4.71. The predicted octanol–water partition coefficient (Wildman–Crippen LogP) is 6.21. The minimum atomic E-state index is -0.266. The molecule has 2 N–H and O–H groups in total. The first-order valence-electron chi connectivity index (χ1n) is 11.1. The Labute approximate surface area is 162 Å². The van der Waals surface area contributed by atoms with Crippen LogP contribution in [0.1, 0.15) is 111 Å². The summed E-state index contributed by atoms with van der Waals surface area (Å²) in [5, 5.41) is 12.6. The monoisotopic (exact) mass is 371 g/mol. The van der Waals surface area contributed by atoms with Crippen LogP contribution in [0.5, 0.6) is 0 Å². The van der Waals surface area contributed by atoms with Gasteiger partial charge in [-0.1, -0.05) is 85.0 Å². The molecule has 4 nitrogen and oxygen atoms in total. The van der Waals surface area contributed by atoms with E-state index in [9.17, 15) is 9.90 Å². The molecule has 1 atom stereocenters. The van der Waals surface area contributed by atoms with Crippen LogP contribution in [0, 0.1) is 5.92 Å². The van der Waals surface area contributed by atoms with Gasteiger partial charge in [-0.15, -0.1) is 0 Å². The minimum absolute atomic E-state index is 0.127. The number of carbonyl (C=O) groups is 1. The van der Waals surface area contributed by atoms with Crippen molar-refractivity contribution in [2.24, 2.45) is 5.92 Å². The lowest BCUT2D eigenvalue weighted by Crippen LogP contribution is -2.25. The van der Waals surface area contributed by atoms with Gasteiger partial charge in [-0.2, -0.15) is 0 Å². The second-order valence-electron chi connectivity index (χ2n) is 8.02. The van der Waals surface area contributed by atoms with Crippen LogP contribution in [0.15, 0.2) is 0 Å². The lowest BCUT2D eigenvalue weighted by Gasteiger charge is -2.12. The Morgan fingerprint density at radius 3 is 2.12 bits per heavy atom. The molecule has 4 heteroatoms. The van der Waals surface area contributed by atoms with Crippen LogP contribution in [-0.2, 0) is 4.74 Å². The van der Waals surface area contributed by atoms with Crippen molar-refractivity contribution in [3.63, 3.8) is 0 Å². The molecule has 0 aliphatic rings. The molecule has 1 amide bonds. The van der Waals surface area contributed by atoms with Gasteiger partial charge in [0, 0.05) is 6.54 Å². The van der Waals surface area contributed by atoms with Crippen molar-refractivity contribution in [3.8, 4) is 0 Å². The zero-order valence-corrected chi connectivity index (χ0v) is 17.7. The number of hydrogen-bond donors (Lipinski definition) is 2. The Morgan fingerprint density at radius 1 is 0.885 bits per heavy atom. The average molecular weight is 372 g/mol. The molecule has 0 fully saturated rings. The van der Waals surface area contributed by atoms with E-state index < -0.39 is 0 Å². The van der Waals surface area contributed by atoms with Gasteiger partial charge in [0.2, 0.25) is 0 Å². The summed E-state index contributed by atoms with van der Waals surface area (Å²) in [6.45, 7) is 7.78. The maximum atomic E-state index is 11.5. The Bertz CT molecular complexity index is 308. The fourth-order valence-electron chi connectivity index (χ4n) is 3.16. The highest BCUT2D eigenvalue weighted by Crippen LogP contribution is 2.13. The van der Waals surface area contributed by atoms with Gasteiger partial charge >= 0.3 is 6.09 Å². The number of rotatable bonds is 18. The number of nitrogens with one attached hydrogen (secondary N) is 1. The van der Waals surface area contributed by atoms with Crippen LogP contribution in [0.3, 0.4) is 0 Å². The van der Waals surface area contributed by atoms with Gasteiger partial charge in [-0.05, 0) is 31.6 Å². The van der Waals surface area contributed by atoms with Gasteiger partial charge in [0.25, 0.3) is 0 Å². The minimum Gasteiger partial charge on any atom is -0.450 e. The molecule has 0 spiro atoms. The van der Waals surface area contributed by atoms with Gasteiger partial charge < -0.3 is 15.2 Å². The normalized spacial score (nSPS) is 12.3. The van der Waals surface area contributed by atoms with E-state index >= 15 is 0 Å². The molecule has 0 radical (unpaired) electrons. The number of carbonyl (C=O) groups excluding carboxylic acids is 1. The second kappa shape index (κ2) is 19.0. The molecule has 0 saturated heterocycles. The highest BCUT2D eigenvalue weighted by atomic mass is 16.5. The first kappa shape index (κ1) is 25.2. The standard InChI is InChI=1S/C22H45NO3/c1-4-5-6-7-11-14-17-23-22(25)26-18-15-12-9-8-10-13-16-21(24)19-20(2)3/h20-21,24H,4-19H2,1-3H3,(H,23,25). The van der Waals surface area contributed by atoms with Crippen LogP contribution in [0.4, 0.5) is 4.79 Å². The zero-order chi connectivity index (χ0) is 19.5. The summed E-state index contributed by atoms with van der Waals surface area (Å²) in [5.74, 6) is 0.577. The number of hydrogen-bond acceptors (Lipinski definition) is 3. The molecule has 0 bridgehead atoms. The Morgan fingerprint density at radius 2 is 1.46 bits per heavy atom. The summed E-state index contributed by atoms with van der Waals surface area (Å²) in [6.07, 6.45) is 15.6. The molecule has 0 heterocycles. The van der Waals surface area contributed by atoms with E-state index in [0.717, 1.165) is 45.1 Å². The average Bonchev–Trinajstić information content (AvgIpc) is 2.58. The summed E-state index contributed by atoms with van der Waals surface area (Å²) in [6, 6.07) is 0. The van der Waals surface area contributed by atoms with Gasteiger partial charge in [-0.3, -0.25) is 0 Å². The quantitative estimate of drug-likeness (QED) is 0.282. The van der Waals surface area contributed by atoms with Crippen molar-refractivity contribution in [3.05, 3.63) is 0 Å². The molecule has 156 valence electrons. The summed E-state index contributed by atoms with van der Waals surface area (Å²) in [7, 11) is 0. The van der Waals surface area contributed by atoms with Crippen LogP contribution < -0.4 is 5.32 Å². The molecule has 0 aliphatic heterocycles. The van der Waals surface area contributed by atoms with Crippen molar-refractivity contribution in [1.82, 2.24) is 5.32 Å². The van der Waals surface area contributed by atoms with Gasteiger partial charge in [0.05, 0.1) is 12.7 Å². The largest absolute Gasteiger partial charge is 0.450 e. The molecule has 0 aromatic carbocycles.